The monoisotopic (exact) mass is 483 g/mol. The second-order valence-corrected chi connectivity index (χ2v) is 10.1. The van der Waals surface area contributed by atoms with Crippen LogP contribution in [0.1, 0.15) is 36.8 Å². The van der Waals surface area contributed by atoms with Crippen molar-refractivity contribution in [2.45, 2.75) is 37.8 Å². The highest BCUT2D eigenvalue weighted by atomic mass is 35.5. The second-order valence-electron chi connectivity index (χ2n) is 9.65. The molecule has 2 amide bonds. The van der Waals surface area contributed by atoms with Gasteiger partial charge in [0.1, 0.15) is 0 Å². The summed E-state index contributed by atoms with van der Waals surface area (Å²) < 4.78 is 0. The fourth-order valence-corrected chi connectivity index (χ4v) is 5.16. The molecule has 0 bridgehead atoms. The normalized spacial score (nSPS) is 20.5. The Hall–Kier alpha value is -2.41. The van der Waals surface area contributed by atoms with Gasteiger partial charge in [-0.1, -0.05) is 54.1 Å². The SMILES string of the molecule is CN1CC(C(=O)N(CCCN2CCC(O)(c3ccc(Cl)cc3)CC2)Cc2ccccc2)CC1=O. The molecule has 7 heteroatoms. The third-order valence-electron chi connectivity index (χ3n) is 7.19. The van der Waals surface area contributed by atoms with Crippen LogP contribution < -0.4 is 0 Å². The van der Waals surface area contributed by atoms with Gasteiger partial charge in [-0.2, -0.15) is 0 Å². The Balaban J connectivity index is 1.31. The summed E-state index contributed by atoms with van der Waals surface area (Å²) in [6.45, 7) is 4.21. The molecule has 0 radical (unpaired) electrons. The number of hydrogen-bond donors (Lipinski definition) is 1. The third kappa shape index (κ3) is 5.98. The van der Waals surface area contributed by atoms with Crippen LogP contribution in [-0.4, -0.2) is 71.4 Å². The standard InChI is InChI=1S/C27H34ClN3O3/c1-29-20-22(18-25(29)32)26(33)31(19-21-6-3-2-4-7-21)15-5-14-30-16-12-27(34,13-17-30)23-8-10-24(28)11-9-23/h2-4,6-11,22,34H,5,12-20H2,1H3. The van der Waals surface area contributed by atoms with Crippen LogP contribution in [0.15, 0.2) is 54.6 Å². The van der Waals surface area contributed by atoms with Gasteiger partial charge in [0.2, 0.25) is 11.8 Å². The van der Waals surface area contributed by atoms with E-state index < -0.39 is 5.60 Å². The first-order valence-electron chi connectivity index (χ1n) is 12.1. The summed E-state index contributed by atoms with van der Waals surface area (Å²) in [5, 5.41) is 11.8. The number of carbonyl (C=O) groups excluding carboxylic acids is 2. The molecule has 0 aromatic heterocycles. The number of aliphatic hydroxyl groups is 1. The molecule has 182 valence electrons. The molecular weight excluding hydrogens is 450 g/mol. The Labute approximate surface area is 207 Å². The van der Waals surface area contributed by atoms with Gasteiger partial charge in [-0.05, 0) is 49.1 Å². The Morgan fingerprint density at radius 2 is 1.79 bits per heavy atom. The molecule has 0 spiro atoms. The van der Waals surface area contributed by atoms with Crippen molar-refractivity contribution in [3.63, 3.8) is 0 Å². The molecule has 6 nitrogen and oxygen atoms in total. The quantitative estimate of drug-likeness (QED) is 0.624. The third-order valence-corrected chi connectivity index (χ3v) is 7.44. The highest BCUT2D eigenvalue weighted by molar-refractivity contribution is 6.30. The zero-order valence-corrected chi connectivity index (χ0v) is 20.6. The second kappa shape index (κ2) is 10.9. The van der Waals surface area contributed by atoms with Gasteiger partial charge in [0, 0.05) is 51.2 Å². The Kier molecular flexibility index (Phi) is 7.91. The summed E-state index contributed by atoms with van der Waals surface area (Å²) in [4.78, 5) is 31.2. The van der Waals surface area contributed by atoms with Crippen molar-refractivity contribution in [1.82, 2.24) is 14.7 Å². The van der Waals surface area contributed by atoms with Crippen LogP contribution in [-0.2, 0) is 21.7 Å². The van der Waals surface area contributed by atoms with E-state index in [4.69, 9.17) is 11.6 Å². The average Bonchev–Trinajstić information content (AvgIpc) is 3.18. The maximum atomic E-state index is 13.3. The van der Waals surface area contributed by atoms with Gasteiger partial charge in [0.25, 0.3) is 0 Å². The van der Waals surface area contributed by atoms with Crippen molar-refractivity contribution in [2.75, 3.05) is 39.8 Å². The lowest BCUT2D eigenvalue weighted by Gasteiger charge is -2.39. The minimum Gasteiger partial charge on any atom is -0.385 e. The first kappa shape index (κ1) is 24.7. The predicted octanol–water partition coefficient (Wildman–Crippen LogP) is 3.52. The maximum Gasteiger partial charge on any atom is 0.228 e. The molecule has 0 aliphatic carbocycles. The molecule has 4 rings (SSSR count). The van der Waals surface area contributed by atoms with Gasteiger partial charge in [0.05, 0.1) is 11.5 Å². The number of nitrogens with zero attached hydrogens (tertiary/aromatic N) is 3. The van der Waals surface area contributed by atoms with Gasteiger partial charge in [-0.3, -0.25) is 9.59 Å². The molecule has 2 aromatic rings. The van der Waals surface area contributed by atoms with E-state index >= 15 is 0 Å². The number of benzene rings is 2. The smallest absolute Gasteiger partial charge is 0.228 e. The van der Waals surface area contributed by atoms with Crippen molar-refractivity contribution in [3.8, 4) is 0 Å². The zero-order valence-electron chi connectivity index (χ0n) is 19.8. The van der Waals surface area contributed by atoms with Crippen LogP contribution in [0, 0.1) is 5.92 Å². The molecule has 1 unspecified atom stereocenters. The van der Waals surface area contributed by atoms with Gasteiger partial charge in [-0.25, -0.2) is 0 Å². The number of rotatable bonds is 8. The first-order chi connectivity index (χ1) is 16.3. The van der Waals surface area contributed by atoms with E-state index in [1.165, 1.54) is 0 Å². The largest absolute Gasteiger partial charge is 0.385 e. The summed E-state index contributed by atoms with van der Waals surface area (Å²) in [6.07, 6.45) is 2.51. The van der Waals surface area contributed by atoms with Crippen LogP contribution in [0.5, 0.6) is 0 Å². The van der Waals surface area contributed by atoms with Crippen LogP contribution in [0.3, 0.4) is 0 Å². The van der Waals surface area contributed by atoms with Crippen molar-refractivity contribution in [2.24, 2.45) is 5.92 Å². The molecule has 1 atom stereocenters. The summed E-state index contributed by atoms with van der Waals surface area (Å²) in [6, 6.07) is 17.5. The lowest BCUT2D eigenvalue weighted by Crippen LogP contribution is -2.44. The molecule has 2 heterocycles. The molecule has 2 fully saturated rings. The van der Waals surface area contributed by atoms with E-state index in [9.17, 15) is 14.7 Å². The summed E-state index contributed by atoms with van der Waals surface area (Å²) in [5.74, 6) is -0.151. The summed E-state index contributed by atoms with van der Waals surface area (Å²) in [7, 11) is 1.76. The molecule has 1 N–H and O–H groups in total. The van der Waals surface area contributed by atoms with Crippen LogP contribution in [0.25, 0.3) is 0 Å². The van der Waals surface area contributed by atoms with Crippen molar-refractivity contribution in [1.29, 1.82) is 0 Å². The molecule has 0 saturated carbocycles. The van der Waals surface area contributed by atoms with Crippen LogP contribution >= 0.6 is 11.6 Å². The minimum atomic E-state index is -0.808. The lowest BCUT2D eigenvalue weighted by atomic mass is 9.84. The van der Waals surface area contributed by atoms with Crippen molar-refractivity contribution >= 4 is 23.4 Å². The Morgan fingerprint density at radius 1 is 1.12 bits per heavy atom. The average molecular weight is 484 g/mol. The number of likely N-dealkylation sites (tertiary alicyclic amines) is 2. The Morgan fingerprint density at radius 3 is 2.41 bits per heavy atom. The first-order valence-corrected chi connectivity index (χ1v) is 12.5. The fourth-order valence-electron chi connectivity index (χ4n) is 5.04. The van der Waals surface area contributed by atoms with E-state index in [0.29, 0.717) is 43.9 Å². The van der Waals surface area contributed by atoms with E-state index in [1.54, 1.807) is 11.9 Å². The maximum absolute atomic E-state index is 13.3. The fraction of sp³-hybridized carbons (Fsp3) is 0.481. The van der Waals surface area contributed by atoms with E-state index in [-0.39, 0.29) is 17.7 Å². The van der Waals surface area contributed by atoms with E-state index in [0.717, 1.165) is 37.2 Å². The molecule has 34 heavy (non-hydrogen) atoms. The van der Waals surface area contributed by atoms with Crippen molar-refractivity contribution in [3.05, 3.63) is 70.7 Å². The number of amides is 2. The van der Waals surface area contributed by atoms with E-state index in [1.807, 2.05) is 59.5 Å². The lowest BCUT2D eigenvalue weighted by molar-refractivity contribution is -0.136. The minimum absolute atomic E-state index is 0.0412. The summed E-state index contributed by atoms with van der Waals surface area (Å²) >= 11 is 5.99. The Bertz CT molecular complexity index is 974. The molecule has 2 aliphatic heterocycles. The number of halogens is 1. The molecule has 2 aromatic carbocycles. The number of piperidine rings is 1. The number of carbonyl (C=O) groups is 2. The molecule has 2 saturated heterocycles. The van der Waals surface area contributed by atoms with E-state index in [2.05, 4.69) is 4.90 Å². The number of hydrogen-bond acceptors (Lipinski definition) is 4. The summed E-state index contributed by atoms with van der Waals surface area (Å²) in [5.41, 5.74) is 1.21. The van der Waals surface area contributed by atoms with Crippen LogP contribution in [0.4, 0.5) is 0 Å². The van der Waals surface area contributed by atoms with Gasteiger partial charge >= 0.3 is 0 Å². The van der Waals surface area contributed by atoms with Crippen molar-refractivity contribution < 1.29 is 14.7 Å². The highest BCUT2D eigenvalue weighted by Gasteiger charge is 2.36. The zero-order chi connectivity index (χ0) is 24.1. The van der Waals surface area contributed by atoms with Gasteiger partial charge in [-0.15, -0.1) is 0 Å². The highest BCUT2D eigenvalue weighted by Crippen LogP contribution is 2.33. The molecule has 2 aliphatic rings. The predicted molar refractivity (Wildman–Crippen MR) is 133 cm³/mol. The van der Waals surface area contributed by atoms with Gasteiger partial charge in [0.15, 0.2) is 0 Å². The van der Waals surface area contributed by atoms with Crippen LogP contribution in [0.2, 0.25) is 5.02 Å². The topological polar surface area (TPSA) is 64.1 Å². The van der Waals surface area contributed by atoms with Gasteiger partial charge < -0.3 is 19.8 Å². The molecular formula is C27H34ClN3O3.